The predicted octanol–water partition coefficient (Wildman–Crippen LogP) is 2.89. The van der Waals surface area contributed by atoms with E-state index in [-0.39, 0.29) is 10.5 Å². The number of nitrogens with zero attached hydrogens (tertiary/aromatic N) is 1. The number of anilines is 1. The maximum absolute atomic E-state index is 13.0. The van der Waals surface area contributed by atoms with Gasteiger partial charge in [0.05, 0.1) is 17.6 Å². The molecule has 160 valence electrons. The number of carbonyl (C=O) groups is 1. The molecule has 30 heavy (non-hydrogen) atoms. The molecule has 2 aromatic carbocycles. The monoisotopic (exact) mass is 432 g/mol. The number of nitrogens with one attached hydrogen (secondary N) is 1. The van der Waals surface area contributed by atoms with E-state index in [1.807, 2.05) is 0 Å². The minimum Gasteiger partial charge on any atom is -0.496 e. The molecular formula is C21H24N2O6S. The molecule has 0 saturated carbocycles. The lowest BCUT2D eigenvalue weighted by Gasteiger charge is -2.26. The number of piperidine rings is 1. The highest BCUT2D eigenvalue weighted by molar-refractivity contribution is 7.89. The van der Waals surface area contributed by atoms with Crippen LogP contribution in [0.15, 0.2) is 41.3 Å². The van der Waals surface area contributed by atoms with Crippen LogP contribution < -0.4 is 19.5 Å². The van der Waals surface area contributed by atoms with Crippen molar-refractivity contribution in [3.05, 3.63) is 42.0 Å². The molecule has 2 aliphatic rings. The number of fused-ring (bicyclic) bond motifs is 1. The summed E-state index contributed by atoms with van der Waals surface area (Å²) in [5.74, 6) is 0.987. The average Bonchev–Trinajstić information content (AvgIpc) is 2.79. The molecule has 0 aromatic heterocycles. The second-order valence-electron chi connectivity index (χ2n) is 7.14. The van der Waals surface area contributed by atoms with Crippen molar-refractivity contribution in [2.75, 3.05) is 38.7 Å². The first-order chi connectivity index (χ1) is 14.5. The Kier molecular flexibility index (Phi) is 5.83. The Hall–Kier alpha value is -2.78. The van der Waals surface area contributed by atoms with Gasteiger partial charge in [0.2, 0.25) is 10.0 Å². The van der Waals surface area contributed by atoms with Gasteiger partial charge in [0, 0.05) is 24.8 Å². The van der Waals surface area contributed by atoms with E-state index < -0.39 is 15.9 Å². The van der Waals surface area contributed by atoms with Crippen molar-refractivity contribution in [2.24, 2.45) is 0 Å². The van der Waals surface area contributed by atoms with E-state index >= 15 is 0 Å². The largest absolute Gasteiger partial charge is 0.496 e. The first kappa shape index (κ1) is 20.5. The fourth-order valence-corrected chi connectivity index (χ4v) is 5.14. The molecule has 0 atom stereocenters. The normalized spacial score (nSPS) is 16.7. The summed E-state index contributed by atoms with van der Waals surface area (Å²) in [4.78, 5) is 13.0. The lowest BCUT2D eigenvalue weighted by Crippen LogP contribution is -2.35. The van der Waals surface area contributed by atoms with Crippen LogP contribution in [0.4, 0.5) is 5.69 Å². The molecule has 2 aromatic rings. The van der Waals surface area contributed by atoms with E-state index in [1.165, 1.54) is 29.6 Å². The molecule has 0 unspecified atom stereocenters. The fourth-order valence-electron chi connectivity index (χ4n) is 3.60. The third kappa shape index (κ3) is 4.08. The van der Waals surface area contributed by atoms with E-state index in [2.05, 4.69) is 5.32 Å². The van der Waals surface area contributed by atoms with E-state index in [0.717, 1.165) is 19.3 Å². The van der Waals surface area contributed by atoms with Gasteiger partial charge in [0.1, 0.15) is 19.0 Å². The standard InChI is InChI=1S/C21H24N2O6S/c1-27-18-8-6-16(30(25,26)23-9-3-2-4-10-23)14-17(18)21(24)22-15-5-7-19-20(13-15)29-12-11-28-19/h5-8,13-14H,2-4,9-12H2,1H3,(H,22,24). The van der Waals surface area contributed by atoms with Crippen LogP contribution in [0.2, 0.25) is 0 Å². The van der Waals surface area contributed by atoms with Crippen LogP contribution in [-0.2, 0) is 10.0 Å². The topological polar surface area (TPSA) is 94.2 Å². The number of methoxy groups -OCH3 is 1. The van der Waals surface area contributed by atoms with E-state index in [9.17, 15) is 13.2 Å². The van der Waals surface area contributed by atoms with Crippen molar-refractivity contribution in [3.63, 3.8) is 0 Å². The Labute approximate surface area is 175 Å². The van der Waals surface area contributed by atoms with Gasteiger partial charge in [-0.15, -0.1) is 0 Å². The van der Waals surface area contributed by atoms with Gasteiger partial charge in [0.15, 0.2) is 11.5 Å². The summed E-state index contributed by atoms with van der Waals surface area (Å²) < 4.78 is 43.8. The molecule has 4 rings (SSSR count). The summed E-state index contributed by atoms with van der Waals surface area (Å²) >= 11 is 0. The molecule has 0 bridgehead atoms. The summed E-state index contributed by atoms with van der Waals surface area (Å²) in [5, 5.41) is 2.78. The molecule has 8 nitrogen and oxygen atoms in total. The first-order valence-electron chi connectivity index (χ1n) is 9.88. The molecule has 1 fully saturated rings. The van der Waals surface area contributed by atoms with Gasteiger partial charge in [-0.05, 0) is 43.2 Å². The Morgan fingerprint density at radius 2 is 1.73 bits per heavy atom. The van der Waals surface area contributed by atoms with Crippen LogP contribution in [0.1, 0.15) is 29.6 Å². The first-order valence-corrected chi connectivity index (χ1v) is 11.3. The smallest absolute Gasteiger partial charge is 0.259 e. The Balaban J connectivity index is 1.61. The molecular weight excluding hydrogens is 408 g/mol. The van der Waals surface area contributed by atoms with Crippen LogP contribution in [0.25, 0.3) is 0 Å². The third-order valence-corrected chi connectivity index (χ3v) is 7.06. The van der Waals surface area contributed by atoms with E-state index in [4.69, 9.17) is 14.2 Å². The van der Waals surface area contributed by atoms with Crippen LogP contribution in [0, 0.1) is 0 Å². The SMILES string of the molecule is COc1ccc(S(=O)(=O)N2CCCCC2)cc1C(=O)Nc1ccc2c(c1)OCCO2. The van der Waals surface area contributed by atoms with Gasteiger partial charge < -0.3 is 19.5 Å². The number of benzene rings is 2. The highest BCUT2D eigenvalue weighted by atomic mass is 32.2. The van der Waals surface area contributed by atoms with Crippen molar-refractivity contribution in [1.29, 1.82) is 0 Å². The second kappa shape index (κ2) is 8.53. The maximum Gasteiger partial charge on any atom is 0.259 e. The summed E-state index contributed by atoms with van der Waals surface area (Å²) in [6.45, 7) is 1.91. The molecule has 0 spiro atoms. The zero-order valence-corrected chi connectivity index (χ0v) is 17.5. The Morgan fingerprint density at radius 1 is 1.00 bits per heavy atom. The molecule has 1 saturated heterocycles. The molecule has 0 radical (unpaired) electrons. The number of amides is 1. The molecule has 9 heteroatoms. The number of hydrogen-bond donors (Lipinski definition) is 1. The van der Waals surface area contributed by atoms with Crippen molar-refractivity contribution in [2.45, 2.75) is 24.2 Å². The van der Waals surface area contributed by atoms with Gasteiger partial charge in [-0.2, -0.15) is 4.31 Å². The summed E-state index contributed by atoms with van der Waals surface area (Å²) in [5.41, 5.74) is 0.654. The summed E-state index contributed by atoms with van der Waals surface area (Å²) in [6, 6.07) is 9.45. The van der Waals surface area contributed by atoms with Crippen LogP contribution in [0.5, 0.6) is 17.2 Å². The summed E-state index contributed by atoms with van der Waals surface area (Å²) in [7, 11) is -2.23. The van der Waals surface area contributed by atoms with Crippen molar-refractivity contribution < 1.29 is 27.4 Å². The van der Waals surface area contributed by atoms with E-state index in [0.29, 0.717) is 49.2 Å². The molecule has 1 amide bonds. The van der Waals surface area contributed by atoms with Gasteiger partial charge >= 0.3 is 0 Å². The lowest BCUT2D eigenvalue weighted by atomic mass is 10.1. The van der Waals surface area contributed by atoms with Gasteiger partial charge in [-0.25, -0.2) is 8.42 Å². The van der Waals surface area contributed by atoms with Gasteiger partial charge in [0.25, 0.3) is 5.91 Å². The number of carbonyl (C=O) groups excluding carboxylic acids is 1. The fraction of sp³-hybridized carbons (Fsp3) is 0.381. The lowest BCUT2D eigenvalue weighted by molar-refractivity contribution is 0.102. The second-order valence-corrected chi connectivity index (χ2v) is 9.08. The maximum atomic E-state index is 13.0. The highest BCUT2D eigenvalue weighted by Gasteiger charge is 2.27. The molecule has 2 heterocycles. The number of hydrogen-bond acceptors (Lipinski definition) is 6. The number of sulfonamides is 1. The van der Waals surface area contributed by atoms with Gasteiger partial charge in [-0.1, -0.05) is 6.42 Å². The quantitative estimate of drug-likeness (QED) is 0.781. The van der Waals surface area contributed by atoms with Crippen LogP contribution in [0.3, 0.4) is 0 Å². The van der Waals surface area contributed by atoms with Crippen molar-refractivity contribution in [1.82, 2.24) is 4.31 Å². The van der Waals surface area contributed by atoms with Gasteiger partial charge in [-0.3, -0.25) is 4.79 Å². The Morgan fingerprint density at radius 3 is 2.47 bits per heavy atom. The number of rotatable bonds is 5. The number of ether oxygens (including phenoxy) is 3. The minimum atomic E-state index is -3.67. The molecule has 0 aliphatic carbocycles. The molecule has 1 N–H and O–H groups in total. The van der Waals surface area contributed by atoms with E-state index in [1.54, 1.807) is 18.2 Å². The predicted molar refractivity (Wildman–Crippen MR) is 111 cm³/mol. The molecule has 2 aliphatic heterocycles. The zero-order chi connectivity index (χ0) is 21.1. The zero-order valence-electron chi connectivity index (χ0n) is 16.7. The van der Waals surface area contributed by atoms with Crippen LogP contribution in [-0.4, -0.2) is 52.0 Å². The highest BCUT2D eigenvalue weighted by Crippen LogP contribution is 2.33. The van der Waals surface area contributed by atoms with Crippen molar-refractivity contribution in [3.8, 4) is 17.2 Å². The van der Waals surface area contributed by atoms with Crippen molar-refractivity contribution >= 4 is 21.6 Å². The third-order valence-electron chi connectivity index (χ3n) is 5.17. The van der Waals surface area contributed by atoms with Crippen LogP contribution >= 0.6 is 0 Å². The summed E-state index contributed by atoms with van der Waals surface area (Å²) in [6.07, 6.45) is 2.71. The average molecular weight is 432 g/mol. The Bertz CT molecular complexity index is 1050. The minimum absolute atomic E-state index is 0.0810.